The fraction of sp³-hybridized carbons (Fsp3) is 0.500. The number of methoxy groups -OCH3 is 1. The SMILES string of the molecule is COc1ccc(NC2CCSC2)cc1C. The van der Waals surface area contributed by atoms with Gasteiger partial charge in [-0.05, 0) is 42.9 Å². The smallest absolute Gasteiger partial charge is 0.121 e. The average molecular weight is 223 g/mol. The van der Waals surface area contributed by atoms with Crippen LogP contribution in [0.15, 0.2) is 18.2 Å². The lowest BCUT2D eigenvalue weighted by Crippen LogP contribution is -2.17. The van der Waals surface area contributed by atoms with Crippen LogP contribution in [0.3, 0.4) is 0 Å². The zero-order valence-corrected chi connectivity index (χ0v) is 10.1. The van der Waals surface area contributed by atoms with E-state index in [9.17, 15) is 0 Å². The van der Waals surface area contributed by atoms with Gasteiger partial charge in [-0.15, -0.1) is 0 Å². The molecule has 1 heterocycles. The molecule has 0 aromatic heterocycles. The van der Waals surface area contributed by atoms with Crippen molar-refractivity contribution in [2.24, 2.45) is 0 Å². The molecule has 0 amide bonds. The first-order chi connectivity index (χ1) is 7.29. The second kappa shape index (κ2) is 4.79. The van der Waals surface area contributed by atoms with E-state index in [0.29, 0.717) is 6.04 Å². The summed E-state index contributed by atoms with van der Waals surface area (Å²) in [6.07, 6.45) is 1.27. The van der Waals surface area contributed by atoms with Crippen molar-refractivity contribution in [1.82, 2.24) is 0 Å². The van der Waals surface area contributed by atoms with Crippen LogP contribution in [0.4, 0.5) is 5.69 Å². The van der Waals surface area contributed by atoms with Crippen LogP contribution in [0.1, 0.15) is 12.0 Å². The van der Waals surface area contributed by atoms with Crippen molar-refractivity contribution in [3.05, 3.63) is 23.8 Å². The van der Waals surface area contributed by atoms with Crippen molar-refractivity contribution in [1.29, 1.82) is 0 Å². The van der Waals surface area contributed by atoms with E-state index >= 15 is 0 Å². The summed E-state index contributed by atoms with van der Waals surface area (Å²) in [6, 6.07) is 6.92. The first kappa shape index (κ1) is 10.7. The highest BCUT2D eigenvalue weighted by molar-refractivity contribution is 7.99. The van der Waals surface area contributed by atoms with Gasteiger partial charge in [-0.25, -0.2) is 0 Å². The number of thioether (sulfide) groups is 1. The van der Waals surface area contributed by atoms with Crippen LogP contribution in [0.5, 0.6) is 5.75 Å². The highest BCUT2D eigenvalue weighted by Crippen LogP contribution is 2.25. The van der Waals surface area contributed by atoms with Crippen molar-refractivity contribution >= 4 is 17.4 Å². The molecule has 0 bridgehead atoms. The number of anilines is 1. The highest BCUT2D eigenvalue weighted by atomic mass is 32.2. The third-order valence-corrected chi connectivity index (χ3v) is 3.86. The summed E-state index contributed by atoms with van der Waals surface area (Å²) in [4.78, 5) is 0. The van der Waals surface area contributed by atoms with Crippen molar-refractivity contribution in [3.8, 4) is 5.75 Å². The van der Waals surface area contributed by atoms with E-state index < -0.39 is 0 Å². The maximum Gasteiger partial charge on any atom is 0.121 e. The third-order valence-electron chi connectivity index (χ3n) is 2.70. The molecule has 0 aliphatic carbocycles. The van der Waals surface area contributed by atoms with Gasteiger partial charge in [-0.2, -0.15) is 11.8 Å². The molecule has 0 saturated carbocycles. The van der Waals surface area contributed by atoms with Crippen LogP contribution in [-0.4, -0.2) is 24.7 Å². The van der Waals surface area contributed by atoms with Crippen LogP contribution in [0.25, 0.3) is 0 Å². The first-order valence-corrected chi connectivity index (χ1v) is 6.44. The van der Waals surface area contributed by atoms with Crippen molar-refractivity contribution in [3.63, 3.8) is 0 Å². The van der Waals surface area contributed by atoms with Gasteiger partial charge in [0.05, 0.1) is 7.11 Å². The van der Waals surface area contributed by atoms with Gasteiger partial charge in [0.15, 0.2) is 0 Å². The molecule has 1 aromatic carbocycles. The molecule has 1 aromatic rings. The minimum Gasteiger partial charge on any atom is -0.496 e. The summed E-state index contributed by atoms with van der Waals surface area (Å²) in [5, 5.41) is 3.56. The number of aryl methyl sites for hydroxylation is 1. The number of rotatable bonds is 3. The number of ether oxygens (including phenoxy) is 1. The van der Waals surface area contributed by atoms with Gasteiger partial charge in [-0.3, -0.25) is 0 Å². The van der Waals surface area contributed by atoms with Crippen molar-refractivity contribution in [2.75, 3.05) is 23.9 Å². The molecule has 0 spiro atoms. The van der Waals surface area contributed by atoms with Gasteiger partial charge in [0.2, 0.25) is 0 Å². The van der Waals surface area contributed by atoms with E-state index in [4.69, 9.17) is 4.74 Å². The lowest BCUT2D eigenvalue weighted by atomic mass is 10.1. The molecule has 2 rings (SSSR count). The van der Waals surface area contributed by atoms with E-state index in [1.807, 2.05) is 17.8 Å². The quantitative estimate of drug-likeness (QED) is 0.851. The molecular formula is C12H17NOS. The largest absolute Gasteiger partial charge is 0.496 e. The Morgan fingerprint density at radius 3 is 2.93 bits per heavy atom. The average Bonchev–Trinajstić information content (AvgIpc) is 2.71. The Bertz CT molecular complexity index is 334. The minimum absolute atomic E-state index is 0.641. The molecule has 1 aliphatic heterocycles. The molecule has 15 heavy (non-hydrogen) atoms. The van der Waals surface area contributed by atoms with Crippen LogP contribution in [0, 0.1) is 6.92 Å². The Balaban J connectivity index is 2.05. The third kappa shape index (κ3) is 2.59. The number of hydrogen-bond donors (Lipinski definition) is 1. The first-order valence-electron chi connectivity index (χ1n) is 5.28. The Morgan fingerprint density at radius 1 is 1.47 bits per heavy atom. The summed E-state index contributed by atoms with van der Waals surface area (Å²) >= 11 is 2.03. The van der Waals surface area contributed by atoms with Crippen LogP contribution in [0.2, 0.25) is 0 Å². The molecule has 1 saturated heterocycles. The van der Waals surface area contributed by atoms with Gasteiger partial charge in [0.25, 0.3) is 0 Å². The summed E-state index contributed by atoms with van der Waals surface area (Å²) < 4.78 is 5.24. The fourth-order valence-corrected chi connectivity index (χ4v) is 3.00. The Labute approximate surface area is 95.4 Å². The summed E-state index contributed by atoms with van der Waals surface area (Å²) in [5.41, 5.74) is 2.40. The Kier molecular flexibility index (Phi) is 3.41. The number of nitrogens with one attached hydrogen (secondary N) is 1. The van der Waals surface area contributed by atoms with Crippen LogP contribution in [-0.2, 0) is 0 Å². The molecule has 82 valence electrons. The second-order valence-corrected chi connectivity index (χ2v) is 5.04. The van der Waals surface area contributed by atoms with Crippen LogP contribution < -0.4 is 10.1 Å². The minimum atomic E-state index is 0.641. The van der Waals surface area contributed by atoms with Crippen molar-refractivity contribution < 1.29 is 4.74 Å². The summed E-state index contributed by atoms with van der Waals surface area (Å²) in [6.45, 7) is 2.08. The maximum absolute atomic E-state index is 5.24. The van der Waals surface area contributed by atoms with Gasteiger partial charge < -0.3 is 10.1 Å². The summed E-state index contributed by atoms with van der Waals surface area (Å²) in [5.74, 6) is 3.47. The Hall–Kier alpha value is -0.830. The van der Waals surface area contributed by atoms with Crippen LogP contribution >= 0.6 is 11.8 Å². The molecular weight excluding hydrogens is 206 g/mol. The molecule has 1 unspecified atom stereocenters. The zero-order valence-electron chi connectivity index (χ0n) is 9.25. The van der Waals surface area contributed by atoms with E-state index in [1.165, 1.54) is 29.2 Å². The molecule has 1 aliphatic rings. The molecule has 1 atom stereocenters. The topological polar surface area (TPSA) is 21.3 Å². The van der Waals surface area contributed by atoms with Gasteiger partial charge in [-0.1, -0.05) is 0 Å². The molecule has 2 nitrogen and oxygen atoms in total. The molecule has 1 fully saturated rings. The van der Waals surface area contributed by atoms with E-state index in [2.05, 4.69) is 24.4 Å². The van der Waals surface area contributed by atoms with E-state index in [1.54, 1.807) is 7.11 Å². The second-order valence-electron chi connectivity index (χ2n) is 3.89. The van der Waals surface area contributed by atoms with Crippen molar-refractivity contribution in [2.45, 2.75) is 19.4 Å². The predicted molar refractivity (Wildman–Crippen MR) is 67.1 cm³/mol. The monoisotopic (exact) mass is 223 g/mol. The molecule has 3 heteroatoms. The van der Waals surface area contributed by atoms with E-state index in [0.717, 1.165) is 5.75 Å². The summed E-state index contributed by atoms with van der Waals surface area (Å²) in [7, 11) is 1.71. The molecule has 1 N–H and O–H groups in total. The lowest BCUT2D eigenvalue weighted by molar-refractivity contribution is 0.412. The fourth-order valence-electron chi connectivity index (χ4n) is 1.85. The standard InChI is InChI=1S/C12H17NOS/c1-9-7-10(3-4-12(9)14-2)13-11-5-6-15-8-11/h3-4,7,11,13H,5-6,8H2,1-2H3. The van der Waals surface area contributed by atoms with E-state index in [-0.39, 0.29) is 0 Å². The van der Waals surface area contributed by atoms with Gasteiger partial charge in [0.1, 0.15) is 5.75 Å². The predicted octanol–water partition coefficient (Wildman–Crippen LogP) is 2.92. The normalized spacial score (nSPS) is 20.3. The van der Waals surface area contributed by atoms with Gasteiger partial charge in [0, 0.05) is 17.5 Å². The van der Waals surface area contributed by atoms with Gasteiger partial charge >= 0.3 is 0 Å². The number of benzene rings is 1. The maximum atomic E-state index is 5.24. The highest BCUT2D eigenvalue weighted by Gasteiger charge is 2.14. The number of hydrogen-bond acceptors (Lipinski definition) is 3. The Morgan fingerprint density at radius 2 is 2.33 bits per heavy atom. The zero-order chi connectivity index (χ0) is 10.7. The lowest BCUT2D eigenvalue weighted by Gasteiger charge is -2.14. The molecule has 0 radical (unpaired) electrons.